The highest BCUT2D eigenvalue weighted by Crippen LogP contribution is 2.65. The van der Waals surface area contributed by atoms with Crippen molar-refractivity contribution in [2.75, 3.05) is 6.61 Å². The highest BCUT2D eigenvalue weighted by Gasteiger charge is 2.95. The maximum atomic E-state index is 14.8. The molecule has 1 aromatic rings. The number of alkyl halides is 17. The molecule has 0 amide bonds. The lowest BCUT2D eigenvalue weighted by Gasteiger charge is -2.45. The molecule has 1 saturated heterocycles. The van der Waals surface area contributed by atoms with Crippen LogP contribution in [0.1, 0.15) is 12.8 Å². The zero-order chi connectivity index (χ0) is 30.7. The lowest BCUT2D eigenvalue weighted by molar-refractivity contribution is -0.464. The van der Waals surface area contributed by atoms with Gasteiger partial charge in [-0.1, -0.05) is 18.2 Å². The molecule has 1 unspecified atom stereocenters. The molecule has 1 aromatic carbocycles. The first kappa shape index (κ1) is 33.3. The van der Waals surface area contributed by atoms with Gasteiger partial charge in [-0.3, -0.25) is 4.21 Å². The van der Waals surface area contributed by atoms with Crippen molar-refractivity contribution in [1.29, 1.82) is 0 Å². The fourth-order valence-electron chi connectivity index (χ4n) is 3.42. The van der Waals surface area contributed by atoms with E-state index in [4.69, 9.17) is 0 Å². The third kappa shape index (κ3) is 4.75. The summed E-state index contributed by atoms with van der Waals surface area (Å²) in [7, 11) is -2.94. The normalized spacial score (nSPS) is 22.1. The molecule has 3 atom stereocenters. The summed E-state index contributed by atoms with van der Waals surface area (Å²) in [6.45, 7) is -0.634. The van der Waals surface area contributed by atoms with E-state index in [2.05, 4.69) is 4.74 Å². The Labute approximate surface area is 208 Å². The predicted octanol–water partition coefficient (Wildman–Crippen LogP) is 7.56. The van der Waals surface area contributed by atoms with E-state index in [9.17, 15) is 78.8 Å². The third-order valence-electron chi connectivity index (χ3n) is 5.67. The maximum Gasteiger partial charge on any atom is 0.460 e. The van der Waals surface area contributed by atoms with E-state index in [1.807, 2.05) is 0 Å². The molecule has 2 nitrogen and oxygen atoms in total. The van der Waals surface area contributed by atoms with Gasteiger partial charge in [0.2, 0.25) is 0 Å². The lowest BCUT2D eigenvalue weighted by Crippen LogP contribution is -2.75. The monoisotopic (exact) mass is 628 g/mol. The Kier molecular flexibility index (Phi) is 8.46. The summed E-state index contributed by atoms with van der Waals surface area (Å²) in [4.78, 5) is -0.453. The second-order valence-electron chi connectivity index (χ2n) is 8.17. The number of rotatable bonds is 9. The van der Waals surface area contributed by atoms with E-state index in [1.54, 1.807) is 0 Å². The van der Waals surface area contributed by atoms with Gasteiger partial charge in [-0.25, -0.2) is 0 Å². The summed E-state index contributed by atoms with van der Waals surface area (Å²) < 4.78 is 248. The van der Waals surface area contributed by atoms with Gasteiger partial charge in [0.1, 0.15) is 5.44 Å². The molecule has 39 heavy (non-hydrogen) atoms. The molecule has 0 bridgehead atoms. The molecule has 2 rings (SSSR count). The first-order chi connectivity index (χ1) is 17.2. The van der Waals surface area contributed by atoms with Crippen molar-refractivity contribution in [2.45, 2.75) is 70.8 Å². The molecule has 1 aliphatic rings. The van der Waals surface area contributed by atoms with E-state index in [1.165, 1.54) is 6.07 Å². The van der Waals surface area contributed by atoms with Crippen LogP contribution in [0.4, 0.5) is 74.6 Å². The summed E-state index contributed by atoms with van der Waals surface area (Å²) in [5.41, 5.74) is -2.71. The molecule has 1 heterocycles. The smallest absolute Gasteiger partial charge is 0.364 e. The zero-order valence-electron chi connectivity index (χ0n) is 18.3. The molecule has 0 N–H and O–H groups in total. The first-order valence-corrected chi connectivity index (χ1v) is 11.2. The maximum absolute atomic E-state index is 14.8. The quantitative estimate of drug-likeness (QED) is 0.264. The van der Waals surface area contributed by atoms with Crippen LogP contribution in [-0.4, -0.2) is 63.9 Å². The van der Waals surface area contributed by atoms with Gasteiger partial charge in [-0.05, 0) is 25.0 Å². The molecule has 0 aromatic heterocycles. The molecular formula is C19H13F17O2S. The Hall–Kier alpha value is -1.86. The highest BCUT2D eigenvalue weighted by atomic mass is 32.2. The summed E-state index contributed by atoms with van der Waals surface area (Å²) in [5.74, 6) is -60.5. The summed E-state index contributed by atoms with van der Waals surface area (Å²) in [6.07, 6.45) is -9.90. The van der Waals surface area contributed by atoms with Crippen molar-refractivity contribution in [2.24, 2.45) is 5.92 Å². The van der Waals surface area contributed by atoms with Gasteiger partial charge in [0, 0.05) is 11.5 Å². The number of ether oxygens (including phenoxy) is 1. The molecule has 1 aliphatic heterocycles. The highest BCUT2D eigenvalue weighted by molar-refractivity contribution is 7.85. The topological polar surface area (TPSA) is 26.3 Å². The summed E-state index contributed by atoms with van der Waals surface area (Å²) >= 11 is 0. The van der Waals surface area contributed by atoms with Gasteiger partial charge in [-0.2, -0.15) is 74.6 Å². The van der Waals surface area contributed by atoms with Gasteiger partial charge in [0.15, 0.2) is 0 Å². The second-order valence-corrected chi connectivity index (χ2v) is 9.70. The average molecular weight is 628 g/mol. The van der Waals surface area contributed by atoms with Gasteiger partial charge in [0.05, 0.1) is 16.7 Å². The molecular weight excluding hydrogens is 615 g/mol. The third-order valence-corrected chi connectivity index (χ3v) is 7.29. The SMILES string of the molecule is O=S(c1ccccc1)[C@H]1OCCC[C@H]1C(F)(F)C(F)(F)C(F)(F)C(F)(F)C(F)(F)C(F)(F)C(F)(F)C(F)(F)F. The van der Waals surface area contributed by atoms with Crippen molar-refractivity contribution >= 4 is 10.8 Å². The van der Waals surface area contributed by atoms with Crippen LogP contribution in [0.2, 0.25) is 0 Å². The van der Waals surface area contributed by atoms with Crippen molar-refractivity contribution < 1.29 is 83.6 Å². The lowest BCUT2D eigenvalue weighted by atomic mass is 9.83. The Balaban J connectivity index is 2.61. The number of benzene rings is 1. The molecule has 0 radical (unpaired) electrons. The molecule has 0 saturated carbocycles. The van der Waals surface area contributed by atoms with Crippen LogP contribution in [0, 0.1) is 5.92 Å². The molecule has 1 fully saturated rings. The molecule has 0 aliphatic carbocycles. The van der Waals surface area contributed by atoms with Crippen molar-refractivity contribution in [3.05, 3.63) is 30.3 Å². The van der Waals surface area contributed by atoms with Crippen molar-refractivity contribution in [1.82, 2.24) is 0 Å². The minimum absolute atomic E-state index is 0.453. The fraction of sp³-hybridized carbons (Fsp3) is 0.684. The number of halogens is 17. The van der Waals surface area contributed by atoms with Crippen molar-refractivity contribution in [3.8, 4) is 0 Å². The van der Waals surface area contributed by atoms with Crippen LogP contribution in [0.3, 0.4) is 0 Å². The first-order valence-electron chi connectivity index (χ1n) is 10.0. The second kappa shape index (κ2) is 9.90. The number of hydrogen-bond acceptors (Lipinski definition) is 2. The Morgan fingerprint density at radius 1 is 0.615 bits per heavy atom. The van der Waals surface area contributed by atoms with Gasteiger partial charge in [-0.15, -0.1) is 0 Å². The largest absolute Gasteiger partial charge is 0.460 e. The number of hydrogen-bond donors (Lipinski definition) is 0. The minimum Gasteiger partial charge on any atom is -0.364 e. The van der Waals surface area contributed by atoms with Crippen molar-refractivity contribution in [3.63, 3.8) is 0 Å². The van der Waals surface area contributed by atoms with E-state index in [0.717, 1.165) is 24.3 Å². The van der Waals surface area contributed by atoms with Gasteiger partial charge in [0.25, 0.3) is 0 Å². The van der Waals surface area contributed by atoms with Crippen LogP contribution in [0.25, 0.3) is 0 Å². The van der Waals surface area contributed by atoms with E-state index in [0.29, 0.717) is 0 Å². The molecule has 20 heteroatoms. The standard InChI is InChI=1S/C19H13F17O2S/c20-12(21,10-7-4-8-38-11(10)39(37)9-5-2-1-3-6-9)13(22,23)14(24,25)15(26,27)16(28,29)17(30,31)18(32,33)19(34,35)36/h1-3,5-6,10-11H,4,7-8H2/t10-,11-,39?/m1/s1. The van der Waals surface area contributed by atoms with Crippen LogP contribution in [0.15, 0.2) is 35.2 Å². The Morgan fingerprint density at radius 3 is 1.46 bits per heavy atom. The van der Waals surface area contributed by atoms with E-state index < -0.39 is 94.1 Å². The van der Waals surface area contributed by atoms with Crippen LogP contribution in [0.5, 0.6) is 0 Å². The minimum atomic E-state index is -8.70. The van der Waals surface area contributed by atoms with Crippen LogP contribution >= 0.6 is 0 Å². The Bertz CT molecular complexity index is 1040. The average Bonchev–Trinajstić information content (AvgIpc) is 2.82. The Morgan fingerprint density at radius 2 is 1.03 bits per heavy atom. The molecule has 0 spiro atoms. The molecule has 226 valence electrons. The van der Waals surface area contributed by atoms with Crippen LogP contribution in [-0.2, 0) is 15.5 Å². The fourth-order valence-corrected chi connectivity index (χ4v) is 4.93. The summed E-state index contributed by atoms with van der Waals surface area (Å²) in [6, 6.07) is 5.42. The van der Waals surface area contributed by atoms with Crippen LogP contribution < -0.4 is 0 Å². The van der Waals surface area contributed by atoms with Gasteiger partial charge >= 0.3 is 47.6 Å². The predicted molar refractivity (Wildman–Crippen MR) is 96.0 cm³/mol. The van der Waals surface area contributed by atoms with Gasteiger partial charge < -0.3 is 4.74 Å². The zero-order valence-corrected chi connectivity index (χ0v) is 19.1. The van der Waals surface area contributed by atoms with E-state index in [-0.39, 0.29) is 0 Å². The van der Waals surface area contributed by atoms with E-state index >= 15 is 0 Å². The summed E-state index contributed by atoms with van der Waals surface area (Å²) in [5, 5.41) is 0.